The number of hydrogen-bond donors (Lipinski definition) is 2. The second kappa shape index (κ2) is 9.78. The van der Waals surface area contributed by atoms with E-state index in [1.165, 1.54) is 6.92 Å². The van der Waals surface area contributed by atoms with Crippen molar-refractivity contribution in [1.82, 2.24) is 10.6 Å². The summed E-state index contributed by atoms with van der Waals surface area (Å²) >= 11 is 7.32. The first-order valence-electron chi connectivity index (χ1n) is 5.29. The number of carbonyl (C=O) groups excluding carboxylic acids is 2. The molecule has 0 aliphatic carbocycles. The third-order valence-electron chi connectivity index (χ3n) is 1.91. The highest BCUT2D eigenvalue weighted by atomic mass is 35.5. The zero-order chi connectivity index (χ0) is 12.4. The molecule has 0 saturated carbocycles. The number of thioether (sulfide) groups is 1. The molecule has 0 spiro atoms. The minimum Gasteiger partial charge on any atom is -0.338 e. The first-order chi connectivity index (χ1) is 7.57. The number of alkyl halides is 1. The highest BCUT2D eigenvalue weighted by Gasteiger charge is 2.11. The van der Waals surface area contributed by atoms with Crippen molar-refractivity contribution in [2.75, 3.05) is 18.6 Å². The van der Waals surface area contributed by atoms with Crippen LogP contribution in [0.2, 0.25) is 0 Å². The number of urea groups is 1. The number of halogens is 1. The van der Waals surface area contributed by atoms with Crippen LogP contribution in [0.4, 0.5) is 4.79 Å². The molecule has 0 aromatic heterocycles. The van der Waals surface area contributed by atoms with E-state index in [4.69, 9.17) is 11.6 Å². The molecule has 0 aliphatic heterocycles. The van der Waals surface area contributed by atoms with E-state index in [1.54, 1.807) is 0 Å². The van der Waals surface area contributed by atoms with Crippen LogP contribution in [-0.2, 0) is 4.79 Å². The van der Waals surface area contributed by atoms with Crippen molar-refractivity contribution >= 4 is 35.3 Å². The SMILES string of the molecule is CSCCCCCNC(=O)NC(=O)C(C)Cl. The average Bonchev–Trinajstić information content (AvgIpc) is 2.23. The molecule has 1 atom stereocenters. The fourth-order valence-electron chi connectivity index (χ4n) is 1.01. The molecule has 0 bridgehead atoms. The predicted octanol–water partition coefficient (Wildman–Crippen LogP) is 1.97. The van der Waals surface area contributed by atoms with Gasteiger partial charge in [0.15, 0.2) is 0 Å². The van der Waals surface area contributed by atoms with Gasteiger partial charge in [-0.15, -0.1) is 11.6 Å². The lowest BCUT2D eigenvalue weighted by Gasteiger charge is -2.07. The van der Waals surface area contributed by atoms with Gasteiger partial charge in [0.05, 0.1) is 0 Å². The maximum atomic E-state index is 11.1. The summed E-state index contributed by atoms with van der Waals surface area (Å²) in [6.45, 7) is 2.11. The fourth-order valence-corrected chi connectivity index (χ4v) is 1.55. The summed E-state index contributed by atoms with van der Waals surface area (Å²) in [7, 11) is 0. The number of hydrogen-bond acceptors (Lipinski definition) is 3. The molecule has 6 heteroatoms. The third kappa shape index (κ3) is 8.85. The smallest absolute Gasteiger partial charge is 0.321 e. The van der Waals surface area contributed by atoms with Gasteiger partial charge in [-0.25, -0.2) is 4.79 Å². The maximum absolute atomic E-state index is 11.1. The van der Waals surface area contributed by atoms with E-state index < -0.39 is 17.3 Å². The van der Waals surface area contributed by atoms with E-state index in [1.807, 2.05) is 11.8 Å². The number of carbonyl (C=O) groups is 2. The molecule has 2 N–H and O–H groups in total. The first kappa shape index (κ1) is 15.6. The molecule has 16 heavy (non-hydrogen) atoms. The van der Waals surface area contributed by atoms with Gasteiger partial charge in [0.2, 0.25) is 5.91 Å². The Hall–Kier alpha value is -0.420. The second-order valence-electron chi connectivity index (χ2n) is 3.41. The molecule has 94 valence electrons. The quantitative estimate of drug-likeness (QED) is 0.547. The van der Waals surface area contributed by atoms with Gasteiger partial charge in [-0.3, -0.25) is 10.1 Å². The first-order valence-corrected chi connectivity index (χ1v) is 7.12. The van der Waals surface area contributed by atoms with E-state index >= 15 is 0 Å². The Kier molecular flexibility index (Phi) is 9.52. The van der Waals surface area contributed by atoms with Crippen LogP contribution >= 0.6 is 23.4 Å². The summed E-state index contributed by atoms with van der Waals surface area (Å²) in [6.07, 6.45) is 5.24. The molecule has 0 aromatic carbocycles. The van der Waals surface area contributed by atoms with E-state index in [-0.39, 0.29) is 0 Å². The van der Waals surface area contributed by atoms with Crippen molar-refractivity contribution < 1.29 is 9.59 Å². The van der Waals surface area contributed by atoms with Gasteiger partial charge in [0, 0.05) is 6.54 Å². The van der Waals surface area contributed by atoms with E-state index in [0.717, 1.165) is 25.0 Å². The Labute approximate surface area is 106 Å². The van der Waals surface area contributed by atoms with Gasteiger partial charge in [0.25, 0.3) is 0 Å². The average molecular weight is 267 g/mol. The molecule has 0 radical (unpaired) electrons. The molecular weight excluding hydrogens is 248 g/mol. The summed E-state index contributed by atoms with van der Waals surface area (Å²) in [5, 5.41) is 4.08. The standard InChI is InChI=1S/C10H19ClN2O2S/c1-8(11)9(14)13-10(15)12-6-4-3-5-7-16-2/h8H,3-7H2,1-2H3,(H2,12,13,14,15). The van der Waals surface area contributed by atoms with Crippen LogP contribution in [0.1, 0.15) is 26.2 Å². The summed E-state index contributed by atoms with van der Waals surface area (Å²) < 4.78 is 0. The van der Waals surface area contributed by atoms with Crippen LogP contribution in [0.3, 0.4) is 0 Å². The third-order valence-corrected chi connectivity index (χ3v) is 2.80. The highest BCUT2D eigenvalue weighted by Crippen LogP contribution is 2.01. The molecular formula is C10H19ClN2O2S. The molecule has 0 saturated heterocycles. The Bertz CT molecular complexity index is 225. The van der Waals surface area contributed by atoms with Gasteiger partial charge < -0.3 is 5.32 Å². The number of unbranched alkanes of at least 4 members (excludes halogenated alkanes) is 2. The summed E-state index contributed by atoms with van der Waals surface area (Å²) in [4.78, 5) is 22.2. The summed E-state index contributed by atoms with van der Waals surface area (Å²) in [6, 6.07) is -0.470. The normalized spacial score (nSPS) is 11.9. The van der Waals surface area contributed by atoms with Crippen molar-refractivity contribution in [2.45, 2.75) is 31.6 Å². The molecule has 4 nitrogen and oxygen atoms in total. The lowest BCUT2D eigenvalue weighted by Crippen LogP contribution is -2.42. The van der Waals surface area contributed by atoms with Gasteiger partial charge in [-0.05, 0) is 31.8 Å². The van der Waals surface area contributed by atoms with Crippen LogP contribution in [0, 0.1) is 0 Å². The number of nitrogens with one attached hydrogen (secondary N) is 2. The Morgan fingerprint density at radius 3 is 2.56 bits per heavy atom. The van der Waals surface area contributed by atoms with Crippen LogP contribution in [0.15, 0.2) is 0 Å². The van der Waals surface area contributed by atoms with E-state index in [9.17, 15) is 9.59 Å². The molecule has 0 aromatic rings. The van der Waals surface area contributed by atoms with Crippen molar-refractivity contribution in [2.24, 2.45) is 0 Å². The number of rotatable bonds is 7. The molecule has 0 rings (SSSR count). The summed E-state index contributed by atoms with van der Waals surface area (Å²) in [5.74, 6) is 0.676. The van der Waals surface area contributed by atoms with Gasteiger partial charge >= 0.3 is 6.03 Å². The van der Waals surface area contributed by atoms with Gasteiger partial charge in [-0.2, -0.15) is 11.8 Å². The van der Waals surface area contributed by atoms with Crippen molar-refractivity contribution in [3.63, 3.8) is 0 Å². The van der Waals surface area contributed by atoms with Crippen molar-refractivity contribution in [3.8, 4) is 0 Å². The van der Waals surface area contributed by atoms with Crippen LogP contribution in [-0.4, -0.2) is 35.9 Å². The molecule has 3 amide bonds. The maximum Gasteiger partial charge on any atom is 0.321 e. The van der Waals surface area contributed by atoms with Crippen LogP contribution in [0.25, 0.3) is 0 Å². The predicted molar refractivity (Wildman–Crippen MR) is 69.1 cm³/mol. The van der Waals surface area contributed by atoms with Crippen LogP contribution in [0.5, 0.6) is 0 Å². The Morgan fingerprint density at radius 2 is 2.00 bits per heavy atom. The Balaban J connectivity index is 3.41. The minimum atomic E-state index is -0.688. The second-order valence-corrected chi connectivity index (χ2v) is 5.05. The van der Waals surface area contributed by atoms with Crippen molar-refractivity contribution in [1.29, 1.82) is 0 Å². The zero-order valence-corrected chi connectivity index (χ0v) is 11.3. The minimum absolute atomic E-state index is 0.470. The Morgan fingerprint density at radius 1 is 1.31 bits per heavy atom. The van der Waals surface area contributed by atoms with E-state index in [0.29, 0.717) is 6.54 Å². The van der Waals surface area contributed by atoms with Gasteiger partial charge in [0.1, 0.15) is 5.38 Å². The van der Waals surface area contributed by atoms with Gasteiger partial charge in [-0.1, -0.05) is 6.42 Å². The number of imide groups is 1. The van der Waals surface area contributed by atoms with Crippen molar-refractivity contribution in [3.05, 3.63) is 0 Å². The van der Waals surface area contributed by atoms with E-state index in [2.05, 4.69) is 16.9 Å². The van der Waals surface area contributed by atoms with Crippen LogP contribution < -0.4 is 10.6 Å². The monoisotopic (exact) mass is 266 g/mol. The molecule has 0 fully saturated rings. The molecule has 0 heterocycles. The highest BCUT2D eigenvalue weighted by molar-refractivity contribution is 7.98. The fraction of sp³-hybridized carbons (Fsp3) is 0.800. The largest absolute Gasteiger partial charge is 0.338 e. The summed E-state index contributed by atoms with van der Waals surface area (Å²) in [5.41, 5.74) is 0. The zero-order valence-electron chi connectivity index (χ0n) is 9.72. The lowest BCUT2D eigenvalue weighted by molar-refractivity contribution is -0.119. The molecule has 1 unspecified atom stereocenters. The topological polar surface area (TPSA) is 58.2 Å². The number of amides is 3. The molecule has 0 aliphatic rings. The lowest BCUT2D eigenvalue weighted by atomic mass is 10.2.